The summed E-state index contributed by atoms with van der Waals surface area (Å²) in [5.74, 6) is 0.516. The molecule has 2 N–H and O–H groups in total. The van der Waals surface area contributed by atoms with E-state index in [1.807, 2.05) is 24.3 Å². The third-order valence-corrected chi connectivity index (χ3v) is 3.20. The van der Waals surface area contributed by atoms with Crippen molar-refractivity contribution in [1.82, 2.24) is 5.32 Å². The summed E-state index contributed by atoms with van der Waals surface area (Å²) < 4.78 is 5.45. The van der Waals surface area contributed by atoms with Crippen molar-refractivity contribution in [3.8, 4) is 0 Å². The molecule has 18 heavy (non-hydrogen) atoms. The largest absolute Gasteiger partial charge is 0.385 e. The Bertz CT molecular complexity index is 401. The Morgan fingerprint density at radius 2 is 2.39 bits per heavy atom. The van der Waals surface area contributed by atoms with Gasteiger partial charge in [0.15, 0.2) is 0 Å². The minimum atomic E-state index is -0.0559. The molecule has 1 amide bonds. The fourth-order valence-electron chi connectivity index (χ4n) is 2.15. The Hall–Kier alpha value is -1.55. The molecule has 0 radical (unpaired) electrons. The van der Waals surface area contributed by atoms with E-state index >= 15 is 0 Å². The van der Waals surface area contributed by atoms with Crippen LogP contribution in [0.3, 0.4) is 0 Å². The molecule has 1 aromatic carbocycles. The number of carbonyl (C=O) groups excluding carboxylic acids is 1. The molecule has 1 aliphatic rings. The molecule has 0 saturated carbocycles. The molecule has 1 fully saturated rings. The van der Waals surface area contributed by atoms with E-state index in [0.29, 0.717) is 11.5 Å². The molecule has 1 heterocycles. The van der Waals surface area contributed by atoms with Gasteiger partial charge in [-0.15, -0.1) is 0 Å². The van der Waals surface area contributed by atoms with Crippen molar-refractivity contribution in [2.75, 3.05) is 32.1 Å². The van der Waals surface area contributed by atoms with Crippen molar-refractivity contribution >= 4 is 11.6 Å². The van der Waals surface area contributed by atoms with Gasteiger partial charge in [-0.05, 0) is 37.0 Å². The molecule has 2 rings (SSSR count). The number of hydrogen-bond acceptors (Lipinski definition) is 3. The Kier molecular flexibility index (Phi) is 4.59. The quantitative estimate of drug-likeness (QED) is 0.855. The first-order valence-electron chi connectivity index (χ1n) is 6.43. The maximum absolute atomic E-state index is 11.5. The first-order chi connectivity index (χ1) is 8.79. The van der Waals surface area contributed by atoms with Crippen LogP contribution in [-0.2, 0) is 4.74 Å². The number of anilines is 1. The molecule has 1 atom stereocenters. The van der Waals surface area contributed by atoms with E-state index in [1.165, 1.54) is 6.42 Å². The minimum Gasteiger partial charge on any atom is -0.385 e. The summed E-state index contributed by atoms with van der Waals surface area (Å²) in [6.07, 6.45) is 2.35. The summed E-state index contributed by atoms with van der Waals surface area (Å²) in [6, 6.07) is 7.57. The fraction of sp³-hybridized carbons (Fsp3) is 0.500. The predicted octanol–water partition coefficient (Wildman–Crippen LogP) is 1.88. The highest BCUT2D eigenvalue weighted by atomic mass is 16.5. The molecular formula is C14H20N2O2. The van der Waals surface area contributed by atoms with Crippen LogP contribution in [0, 0.1) is 5.92 Å². The fourth-order valence-corrected chi connectivity index (χ4v) is 2.15. The van der Waals surface area contributed by atoms with Crippen molar-refractivity contribution in [2.24, 2.45) is 5.92 Å². The van der Waals surface area contributed by atoms with Crippen LogP contribution < -0.4 is 10.6 Å². The Balaban J connectivity index is 1.90. The zero-order valence-corrected chi connectivity index (χ0v) is 10.7. The molecule has 0 aromatic heterocycles. The number of nitrogens with one attached hydrogen (secondary N) is 2. The van der Waals surface area contributed by atoms with Gasteiger partial charge in [-0.25, -0.2) is 0 Å². The van der Waals surface area contributed by atoms with E-state index < -0.39 is 0 Å². The number of ether oxygens (including phenoxy) is 1. The van der Waals surface area contributed by atoms with E-state index in [4.69, 9.17) is 4.74 Å². The molecule has 4 nitrogen and oxygen atoms in total. The van der Waals surface area contributed by atoms with E-state index in [9.17, 15) is 4.79 Å². The second-order valence-corrected chi connectivity index (χ2v) is 4.62. The van der Waals surface area contributed by atoms with Crippen molar-refractivity contribution in [3.63, 3.8) is 0 Å². The maximum Gasteiger partial charge on any atom is 0.251 e. The van der Waals surface area contributed by atoms with Crippen LogP contribution in [0.5, 0.6) is 0 Å². The van der Waals surface area contributed by atoms with Gasteiger partial charge in [-0.1, -0.05) is 6.07 Å². The number of hydrogen-bond donors (Lipinski definition) is 2. The van der Waals surface area contributed by atoms with E-state index in [0.717, 1.165) is 31.9 Å². The standard InChI is InChI=1S/C14H20N2O2/c1-15-14(17)12-5-2-6-13(8-12)16-9-11-4-3-7-18-10-11/h2,5-6,8,11,16H,3-4,7,9-10H2,1H3,(H,15,17). The lowest BCUT2D eigenvalue weighted by atomic mass is 10.0. The monoisotopic (exact) mass is 248 g/mol. The SMILES string of the molecule is CNC(=O)c1cccc(NCC2CCCOC2)c1. The second kappa shape index (κ2) is 6.40. The van der Waals surface area contributed by atoms with Crippen LogP contribution in [0.15, 0.2) is 24.3 Å². The Morgan fingerprint density at radius 1 is 1.50 bits per heavy atom. The normalized spacial score (nSPS) is 19.3. The van der Waals surface area contributed by atoms with Crippen LogP contribution in [0.4, 0.5) is 5.69 Å². The predicted molar refractivity (Wildman–Crippen MR) is 71.9 cm³/mol. The molecule has 1 unspecified atom stereocenters. The molecule has 0 bridgehead atoms. The van der Waals surface area contributed by atoms with Gasteiger partial charge in [0.1, 0.15) is 0 Å². The summed E-state index contributed by atoms with van der Waals surface area (Å²) in [6.45, 7) is 2.63. The average molecular weight is 248 g/mol. The molecule has 0 aliphatic carbocycles. The van der Waals surface area contributed by atoms with E-state index in [-0.39, 0.29) is 5.91 Å². The molecule has 1 aliphatic heterocycles. The lowest BCUT2D eigenvalue weighted by Gasteiger charge is -2.22. The minimum absolute atomic E-state index is 0.0559. The maximum atomic E-state index is 11.5. The first-order valence-corrected chi connectivity index (χ1v) is 6.43. The van der Waals surface area contributed by atoms with Gasteiger partial charge in [-0.2, -0.15) is 0 Å². The van der Waals surface area contributed by atoms with Crippen LogP contribution in [0.1, 0.15) is 23.2 Å². The smallest absolute Gasteiger partial charge is 0.251 e. The zero-order valence-electron chi connectivity index (χ0n) is 10.7. The topological polar surface area (TPSA) is 50.4 Å². The number of rotatable bonds is 4. The van der Waals surface area contributed by atoms with Crippen LogP contribution >= 0.6 is 0 Å². The summed E-state index contributed by atoms with van der Waals surface area (Å²) >= 11 is 0. The van der Waals surface area contributed by atoms with Gasteiger partial charge in [0.05, 0.1) is 6.61 Å². The van der Waals surface area contributed by atoms with Gasteiger partial charge in [-0.3, -0.25) is 4.79 Å². The average Bonchev–Trinajstić information content (AvgIpc) is 2.45. The Labute approximate surface area is 108 Å². The van der Waals surface area contributed by atoms with Crippen LogP contribution in [0.2, 0.25) is 0 Å². The molecule has 98 valence electrons. The van der Waals surface area contributed by atoms with Crippen molar-refractivity contribution in [1.29, 1.82) is 0 Å². The van der Waals surface area contributed by atoms with Crippen molar-refractivity contribution < 1.29 is 9.53 Å². The summed E-state index contributed by atoms with van der Waals surface area (Å²) in [7, 11) is 1.64. The van der Waals surface area contributed by atoms with E-state index in [1.54, 1.807) is 7.05 Å². The molecular weight excluding hydrogens is 228 g/mol. The van der Waals surface area contributed by atoms with Gasteiger partial charge in [0.25, 0.3) is 5.91 Å². The van der Waals surface area contributed by atoms with Crippen molar-refractivity contribution in [3.05, 3.63) is 29.8 Å². The highest BCUT2D eigenvalue weighted by Gasteiger charge is 2.13. The summed E-state index contributed by atoms with van der Waals surface area (Å²) in [4.78, 5) is 11.5. The third-order valence-electron chi connectivity index (χ3n) is 3.20. The molecule has 4 heteroatoms. The van der Waals surface area contributed by atoms with Crippen molar-refractivity contribution in [2.45, 2.75) is 12.8 Å². The molecule has 1 aromatic rings. The number of carbonyl (C=O) groups is 1. The van der Waals surface area contributed by atoms with Crippen LogP contribution in [0.25, 0.3) is 0 Å². The van der Waals surface area contributed by atoms with Gasteiger partial charge < -0.3 is 15.4 Å². The third kappa shape index (κ3) is 3.47. The van der Waals surface area contributed by atoms with Gasteiger partial charge >= 0.3 is 0 Å². The highest BCUT2D eigenvalue weighted by Crippen LogP contribution is 2.16. The number of benzene rings is 1. The molecule has 1 saturated heterocycles. The Morgan fingerprint density at radius 3 is 3.11 bits per heavy atom. The summed E-state index contributed by atoms with van der Waals surface area (Å²) in [5, 5.41) is 6.00. The lowest BCUT2D eigenvalue weighted by Crippen LogP contribution is -2.24. The molecule has 0 spiro atoms. The highest BCUT2D eigenvalue weighted by molar-refractivity contribution is 5.94. The van der Waals surface area contributed by atoms with Crippen LogP contribution in [-0.4, -0.2) is 32.7 Å². The second-order valence-electron chi connectivity index (χ2n) is 4.62. The lowest BCUT2D eigenvalue weighted by molar-refractivity contribution is 0.0595. The van der Waals surface area contributed by atoms with E-state index in [2.05, 4.69) is 10.6 Å². The number of amides is 1. The summed E-state index contributed by atoms with van der Waals surface area (Å²) in [5.41, 5.74) is 1.67. The zero-order chi connectivity index (χ0) is 12.8. The van der Waals surface area contributed by atoms with Gasteiger partial charge in [0, 0.05) is 31.5 Å². The first kappa shape index (κ1) is 12.9. The van der Waals surface area contributed by atoms with Gasteiger partial charge in [0.2, 0.25) is 0 Å².